The minimum absolute atomic E-state index is 0.0102. The number of hydroxylamine groups is 2. The highest BCUT2D eigenvalue weighted by Crippen LogP contribution is 2.26. The molecule has 162 valence electrons. The Morgan fingerprint density at radius 2 is 1.72 bits per heavy atom. The quantitative estimate of drug-likeness (QED) is 0.130. The first kappa shape index (κ1) is 24.8. The van der Waals surface area contributed by atoms with Crippen molar-refractivity contribution in [3.63, 3.8) is 0 Å². The lowest BCUT2D eigenvalue weighted by atomic mass is 9.82. The number of anilines is 1. The van der Waals surface area contributed by atoms with Gasteiger partial charge in [0, 0.05) is 11.2 Å². The van der Waals surface area contributed by atoms with Crippen LogP contribution in [0.4, 0.5) is 5.69 Å². The van der Waals surface area contributed by atoms with Gasteiger partial charge in [0.15, 0.2) is 5.37 Å². The fourth-order valence-electron chi connectivity index (χ4n) is 3.23. The molecule has 1 rings (SSSR count). The number of rotatable bonds is 10. The zero-order chi connectivity index (χ0) is 22.2. The summed E-state index contributed by atoms with van der Waals surface area (Å²) in [6, 6.07) is 7.86. The number of hydrogen-bond acceptors (Lipinski definition) is 6. The molecular formula is C20H32N4O4S. The van der Waals surface area contributed by atoms with Gasteiger partial charge in [-0.05, 0) is 37.8 Å². The van der Waals surface area contributed by atoms with E-state index in [1.807, 2.05) is 19.9 Å². The summed E-state index contributed by atoms with van der Waals surface area (Å²) in [6.07, 6.45) is 0.935. The van der Waals surface area contributed by atoms with Gasteiger partial charge in [-0.1, -0.05) is 39.0 Å². The topological polar surface area (TPSA) is 111 Å². The molecule has 0 radical (unpaired) electrons. The second kappa shape index (κ2) is 10.5. The van der Waals surface area contributed by atoms with Crippen LogP contribution >= 0.6 is 12.6 Å². The lowest BCUT2D eigenvalue weighted by Gasteiger charge is -2.34. The fraction of sp³-hybridized carbons (Fsp3) is 0.550. The van der Waals surface area contributed by atoms with Crippen LogP contribution in [0.15, 0.2) is 30.3 Å². The standard InChI is InChI=1S/C20H32N4O4S/c1-19(2,3)12-20(4,5)23-17(27)18(29)22-16(26)15(11-24(28)13-25)21-14-9-7-6-8-10-14/h6-10,13,15,18,21,28-29H,11-12H2,1-5H3,(H,22,26)(H,23,27). The number of carbonyl (C=O) groups is 3. The van der Waals surface area contributed by atoms with Crippen LogP contribution in [0.25, 0.3) is 0 Å². The molecule has 0 aliphatic rings. The Hall–Kier alpha value is -2.26. The molecule has 0 fully saturated rings. The molecule has 0 spiro atoms. The normalized spacial score (nSPS) is 13.8. The van der Waals surface area contributed by atoms with Crippen LogP contribution in [0.2, 0.25) is 0 Å². The minimum atomic E-state index is -1.09. The number of amides is 3. The highest BCUT2D eigenvalue weighted by Gasteiger charge is 2.30. The first-order valence-corrected chi connectivity index (χ1v) is 9.87. The van der Waals surface area contributed by atoms with Crippen LogP contribution in [0.3, 0.4) is 0 Å². The summed E-state index contributed by atoms with van der Waals surface area (Å²) in [5, 5.41) is 17.1. The Bertz CT molecular complexity index is 691. The summed E-state index contributed by atoms with van der Waals surface area (Å²) >= 11 is 4.20. The van der Waals surface area contributed by atoms with E-state index < -0.39 is 28.8 Å². The van der Waals surface area contributed by atoms with Gasteiger partial charge in [-0.2, -0.15) is 0 Å². The van der Waals surface area contributed by atoms with Gasteiger partial charge < -0.3 is 16.0 Å². The van der Waals surface area contributed by atoms with E-state index in [9.17, 15) is 19.6 Å². The molecule has 4 N–H and O–H groups in total. The smallest absolute Gasteiger partial charge is 0.253 e. The Balaban J connectivity index is 2.78. The predicted molar refractivity (Wildman–Crippen MR) is 116 cm³/mol. The predicted octanol–water partition coefficient (Wildman–Crippen LogP) is 2.02. The second-order valence-corrected chi connectivity index (χ2v) is 9.33. The SMILES string of the molecule is CC(C)(C)CC(C)(C)NC(=O)C(S)NC(=O)C(CN(O)C=O)Nc1ccccc1. The van der Waals surface area contributed by atoms with Crippen molar-refractivity contribution in [1.29, 1.82) is 0 Å². The van der Waals surface area contributed by atoms with Gasteiger partial charge in [0.2, 0.25) is 12.3 Å². The van der Waals surface area contributed by atoms with Crippen molar-refractivity contribution < 1.29 is 19.6 Å². The van der Waals surface area contributed by atoms with Crippen molar-refractivity contribution >= 4 is 36.5 Å². The highest BCUT2D eigenvalue weighted by atomic mass is 32.1. The van der Waals surface area contributed by atoms with Gasteiger partial charge >= 0.3 is 0 Å². The number of hydrogen-bond donors (Lipinski definition) is 5. The number of benzene rings is 1. The Labute approximate surface area is 177 Å². The molecule has 29 heavy (non-hydrogen) atoms. The van der Waals surface area contributed by atoms with Crippen molar-refractivity contribution in [2.24, 2.45) is 5.41 Å². The summed E-state index contributed by atoms with van der Waals surface area (Å²) in [7, 11) is 0. The molecular weight excluding hydrogens is 392 g/mol. The maximum absolute atomic E-state index is 12.7. The Kier molecular flexibility index (Phi) is 8.97. The zero-order valence-corrected chi connectivity index (χ0v) is 18.5. The van der Waals surface area contributed by atoms with Crippen molar-refractivity contribution in [2.45, 2.75) is 58.0 Å². The number of nitrogens with one attached hydrogen (secondary N) is 3. The van der Waals surface area contributed by atoms with Crippen LogP contribution in [0, 0.1) is 5.41 Å². The van der Waals surface area contributed by atoms with E-state index in [0.717, 1.165) is 6.42 Å². The molecule has 0 aromatic heterocycles. The summed E-state index contributed by atoms with van der Waals surface area (Å²) in [4.78, 5) is 35.9. The molecule has 2 unspecified atom stereocenters. The molecule has 3 amide bonds. The van der Waals surface area contributed by atoms with E-state index in [1.165, 1.54) is 0 Å². The van der Waals surface area contributed by atoms with Gasteiger partial charge in [-0.25, -0.2) is 5.06 Å². The van der Waals surface area contributed by atoms with Crippen LogP contribution < -0.4 is 16.0 Å². The molecule has 2 atom stereocenters. The average molecular weight is 425 g/mol. The van der Waals surface area contributed by atoms with Gasteiger partial charge in [0.05, 0.1) is 6.54 Å². The molecule has 0 aliphatic heterocycles. The number of thiol groups is 1. The molecule has 0 saturated carbocycles. The van der Waals surface area contributed by atoms with Gasteiger partial charge in [0.25, 0.3) is 5.91 Å². The molecule has 0 saturated heterocycles. The largest absolute Gasteiger partial charge is 0.372 e. The zero-order valence-electron chi connectivity index (χ0n) is 17.6. The lowest BCUT2D eigenvalue weighted by Crippen LogP contribution is -2.55. The van der Waals surface area contributed by atoms with Gasteiger partial charge in [-0.15, -0.1) is 12.6 Å². The second-order valence-electron chi connectivity index (χ2n) is 8.81. The van der Waals surface area contributed by atoms with Crippen LogP contribution in [-0.4, -0.2) is 52.0 Å². The maximum Gasteiger partial charge on any atom is 0.253 e. The molecule has 1 aromatic rings. The average Bonchev–Trinajstić information content (AvgIpc) is 2.59. The van der Waals surface area contributed by atoms with Crippen molar-refractivity contribution in [1.82, 2.24) is 15.7 Å². The van der Waals surface area contributed by atoms with E-state index in [2.05, 4.69) is 49.4 Å². The minimum Gasteiger partial charge on any atom is -0.372 e. The summed E-state index contributed by atoms with van der Waals surface area (Å²) in [5.74, 6) is -1.02. The van der Waals surface area contributed by atoms with Crippen molar-refractivity contribution in [3.05, 3.63) is 30.3 Å². The molecule has 9 heteroatoms. The van der Waals surface area contributed by atoms with Crippen molar-refractivity contribution in [2.75, 3.05) is 11.9 Å². The maximum atomic E-state index is 12.7. The van der Waals surface area contributed by atoms with Crippen LogP contribution in [-0.2, 0) is 14.4 Å². The molecule has 0 aliphatic carbocycles. The van der Waals surface area contributed by atoms with Crippen molar-refractivity contribution in [3.8, 4) is 0 Å². The van der Waals surface area contributed by atoms with E-state index in [0.29, 0.717) is 10.8 Å². The first-order chi connectivity index (χ1) is 13.3. The number of para-hydroxylation sites is 1. The summed E-state index contributed by atoms with van der Waals surface area (Å²) < 4.78 is 0. The highest BCUT2D eigenvalue weighted by molar-refractivity contribution is 7.81. The summed E-state index contributed by atoms with van der Waals surface area (Å²) in [5.41, 5.74) is 0.150. The first-order valence-electron chi connectivity index (χ1n) is 9.36. The fourth-order valence-corrected chi connectivity index (χ4v) is 3.42. The third-order valence-electron chi connectivity index (χ3n) is 3.88. The third-order valence-corrected chi connectivity index (χ3v) is 4.25. The Morgan fingerprint density at radius 1 is 1.14 bits per heavy atom. The Morgan fingerprint density at radius 3 is 2.24 bits per heavy atom. The van der Waals surface area contributed by atoms with Gasteiger partial charge in [0.1, 0.15) is 6.04 Å². The number of nitrogens with zero attached hydrogens (tertiary/aromatic N) is 1. The van der Waals surface area contributed by atoms with E-state index >= 15 is 0 Å². The van der Waals surface area contributed by atoms with E-state index in [1.54, 1.807) is 24.3 Å². The molecule has 1 aromatic carbocycles. The molecule has 8 nitrogen and oxygen atoms in total. The molecule has 0 heterocycles. The lowest BCUT2D eigenvalue weighted by molar-refractivity contribution is -0.151. The third kappa shape index (κ3) is 9.67. The van der Waals surface area contributed by atoms with E-state index in [4.69, 9.17) is 0 Å². The van der Waals surface area contributed by atoms with Crippen LogP contribution in [0.1, 0.15) is 41.0 Å². The van der Waals surface area contributed by atoms with E-state index in [-0.39, 0.29) is 18.4 Å². The van der Waals surface area contributed by atoms with Crippen LogP contribution in [0.5, 0.6) is 0 Å². The van der Waals surface area contributed by atoms with Gasteiger partial charge in [-0.3, -0.25) is 19.6 Å². The monoisotopic (exact) mass is 424 g/mol. The number of carbonyl (C=O) groups excluding carboxylic acids is 3. The molecule has 0 bridgehead atoms. The summed E-state index contributed by atoms with van der Waals surface area (Å²) in [6.45, 7) is 9.75.